The molecule has 0 amide bonds. The summed E-state index contributed by atoms with van der Waals surface area (Å²) in [4.78, 5) is 2.64. The minimum Gasteiger partial charge on any atom is -0.330 e. The van der Waals surface area contributed by atoms with E-state index in [0.717, 1.165) is 25.1 Å². The van der Waals surface area contributed by atoms with Crippen LogP contribution in [0.15, 0.2) is 29.2 Å². The quantitative estimate of drug-likeness (QED) is 0.860. The lowest BCUT2D eigenvalue weighted by molar-refractivity contribution is 0.291. The molecule has 6 heteroatoms. The van der Waals surface area contributed by atoms with E-state index in [-0.39, 0.29) is 29.0 Å². The van der Waals surface area contributed by atoms with Crippen molar-refractivity contribution in [2.45, 2.75) is 44.4 Å². The molecule has 2 rings (SSSR count). The van der Waals surface area contributed by atoms with Crippen LogP contribution in [-0.2, 0) is 15.3 Å². The van der Waals surface area contributed by atoms with Gasteiger partial charge in [-0.25, -0.2) is 8.42 Å². The average molecular weight is 375 g/mol. The van der Waals surface area contributed by atoms with Gasteiger partial charge in [-0.3, -0.25) is 0 Å². The van der Waals surface area contributed by atoms with Gasteiger partial charge < -0.3 is 10.6 Å². The minimum absolute atomic E-state index is 0. The number of rotatable bonds is 5. The zero-order valence-corrected chi connectivity index (χ0v) is 16.8. The van der Waals surface area contributed by atoms with Crippen molar-refractivity contribution in [3.8, 4) is 0 Å². The standard InChI is InChI=1S/C18H30N2O2S.ClH/c1-17(2,3)15-5-7-16(8-6-15)23(21,22)12-11-20-10-9-18(4,13-19)14-20;/h5-8H,9-14,19H2,1-4H3;1H. The molecule has 24 heavy (non-hydrogen) atoms. The van der Waals surface area contributed by atoms with Crippen LogP contribution in [0, 0.1) is 5.41 Å². The fourth-order valence-corrected chi connectivity index (χ4v) is 4.30. The number of hydrogen-bond acceptors (Lipinski definition) is 4. The Labute approximate surface area is 153 Å². The van der Waals surface area contributed by atoms with Crippen molar-refractivity contribution in [1.29, 1.82) is 0 Å². The van der Waals surface area contributed by atoms with Gasteiger partial charge in [0.15, 0.2) is 9.84 Å². The molecule has 0 aromatic heterocycles. The Morgan fingerprint density at radius 2 is 1.79 bits per heavy atom. The number of sulfone groups is 1. The van der Waals surface area contributed by atoms with E-state index < -0.39 is 9.84 Å². The second-order valence-corrected chi connectivity index (χ2v) is 10.2. The first-order valence-corrected chi connectivity index (χ1v) is 9.97. The Morgan fingerprint density at radius 3 is 2.25 bits per heavy atom. The molecular formula is C18H31ClN2O2S. The van der Waals surface area contributed by atoms with E-state index >= 15 is 0 Å². The van der Waals surface area contributed by atoms with Crippen LogP contribution in [0.25, 0.3) is 0 Å². The van der Waals surface area contributed by atoms with E-state index in [9.17, 15) is 8.42 Å². The molecule has 138 valence electrons. The Hall–Kier alpha value is -0.620. The van der Waals surface area contributed by atoms with Crippen LogP contribution in [0.2, 0.25) is 0 Å². The van der Waals surface area contributed by atoms with Gasteiger partial charge in [0, 0.05) is 13.1 Å². The molecule has 1 aromatic rings. The third kappa shape index (κ3) is 5.19. The van der Waals surface area contributed by atoms with Gasteiger partial charge >= 0.3 is 0 Å². The zero-order valence-electron chi connectivity index (χ0n) is 15.2. The molecule has 1 fully saturated rings. The third-order valence-electron chi connectivity index (χ3n) is 4.89. The summed E-state index contributed by atoms with van der Waals surface area (Å²) < 4.78 is 25.1. The summed E-state index contributed by atoms with van der Waals surface area (Å²) in [5, 5.41) is 0. The maximum Gasteiger partial charge on any atom is 0.179 e. The summed E-state index contributed by atoms with van der Waals surface area (Å²) in [5.74, 6) is 0.169. The highest BCUT2D eigenvalue weighted by Gasteiger charge is 2.32. The molecule has 0 bridgehead atoms. The first-order valence-electron chi connectivity index (χ1n) is 8.32. The highest BCUT2D eigenvalue weighted by molar-refractivity contribution is 7.91. The fraction of sp³-hybridized carbons (Fsp3) is 0.667. The lowest BCUT2D eigenvalue weighted by Gasteiger charge is -2.22. The molecule has 1 aliphatic rings. The van der Waals surface area contributed by atoms with Crippen molar-refractivity contribution in [3.05, 3.63) is 29.8 Å². The van der Waals surface area contributed by atoms with Crippen LogP contribution >= 0.6 is 12.4 Å². The molecule has 1 unspecified atom stereocenters. The molecule has 1 saturated heterocycles. The fourth-order valence-electron chi connectivity index (χ4n) is 3.01. The Bertz CT molecular complexity index is 638. The van der Waals surface area contributed by atoms with Crippen LogP contribution < -0.4 is 5.73 Å². The molecule has 2 N–H and O–H groups in total. The highest BCUT2D eigenvalue weighted by Crippen LogP contribution is 2.28. The molecule has 0 saturated carbocycles. The molecular weight excluding hydrogens is 344 g/mol. The number of likely N-dealkylation sites (tertiary alicyclic amines) is 1. The number of hydrogen-bond donors (Lipinski definition) is 1. The van der Waals surface area contributed by atoms with Gasteiger partial charge in [-0.2, -0.15) is 0 Å². The van der Waals surface area contributed by atoms with E-state index in [1.165, 1.54) is 0 Å². The largest absolute Gasteiger partial charge is 0.330 e. The molecule has 0 radical (unpaired) electrons. The molecule has 0 aliphatic carbocycles. The summed E-state index contributed by atoms with van der Waals surface area (Å²) in [7, 11) is -3.23. The van der Waals surface area contributed by atoms with Gasteiger partial charge in [-0.1, -0.05) is 39.8 Å². The van der Waals surface area contributed by atoms with E-state index in [1.807, 2.05) is 12.1 Å². The first kappa shape index (κ1) is 21.4. The normalized spacial score (nSPS) is 22.4. The summed E-state index contributed by atoms with van der Waals surface area (Å²) in [6, 6.07) is 7.33. The Balaban J connectivity index is 0.00000288. The van der Waals surface area contributed by atoms with Crippen LogP contribution in [0.4, 0.5) is 0 Å². The summed E-state index contributed by atoms with van der Waals surface area (Å²) in [6.07, 6.45) is 1.05. The van der Waals surface area contributed by atoms with E-state index in [2.05, 4.69) is 32.6 Å². The second kappa shape index (κ2) is 7.73. The van der Waals surface area contributed by atoms with Crippen molar-refractivity contribution >= 4 is 22.2 Å². The highest BCUT2D eigenvalue weighted by atomic mass is 35.5. The van der Waals surface area contributed by atoms with E-state index in [0.29, 0.717) is 18.0 Å². The Kier molecular flexibility index (Phi) is 6.90. The monoisotopic (exact) mass is 374 g/mol. The van der Waals surface area contributed by atoms with Crippen LogP contribution in [0.3, 0.4) is 0 Å². The number of nitrogens with two attached hydrogens (primary N) is 1. The summed E-state index contributed by atoms with van der Waals surface area (Å²) in [5.41, 5.74) is 7.12. The van der Waals surface area contributed by atoms with Crippen molar-refractivity contribution in [1.82, 2.24) is 4.90 Å². The molecule has 4 nitrogen and oxygen atoms in total. The maximum atomic E-state index is 12.5. The van der Waals surface area contributed by atoms with E-state index in [4.69, 9.17) is 5.73 Å². The predicted molar refractivity (Wildman–Crippen MR) is 103 cm³/mol. The Morgan fingerprint density at radius 1 is 1.21 bits per heavy atom. The van der Waals surface area contributed by atoms with Gasteiger partial charge in [-0.05, 0) is 48.0 Å². The molecule has 1 heterocycles. The van der Waals surface area contributed by atoms with Gasteiger partial charge in [0.1, 0.15) is 0 Å². The lowest BCUT2D eigenvalue weighted by Crippen LogP contribution is -2.33. The summed E-state index contributed by atoms with van der Waals surface area (Å²) in [6.45, 7) is 11.6. The SMILES string of the molecule is CC1(CN)CCN(CCS(=O)(=O)c2ccc(C(C)(C)C)cc2)C1.Cl. The van der Waals surface area contributed by atoms with Crippen LogP contribution in [0.1, 0.15) is 39.7 Å². The number of nitrogens with zero attached hydrogens (tertiary/aromatic N) is 1. The van der Waals surface area contributed by atoms with Gasteiger partial charge in [0.25, 0.3) is 0 Å². The van der Waals surface area contributed by atoms with Gasteiger partial charge in [-0.15, -0.1) is 12.4 Å². The van der Waals surface area contributed by atoms with Gasteiger partial charge in [0.2, 0.25) is 0 Å². The number of halogens is 1. The predicted octanol–water partition coefficient (Wildman–Crippen LogP) is 2.85. The van der Waals surface area contributed by atoms with Crippen molar-refractivity contribution in [3.63, 3.8) is 0 Å². The minimum atomic E-state index is -3.23. The molecule has 1 aromatic carbocycles. The van der Waals surface area contributed by atoms with E-state index in [1.54, 1.807) is 12.1 Å². The average Bonchev–Trinajstić information content (AvgIpc) is 2.87. The summed E-state index contributed by atoms with van der Waals surface area (Å²) >= 11 is 0. The molecule has 1 atom stereocenters. The molecule has 0 spiro atoms. The molecule has 1 aliphatic heterocycles. The van der Waals surface area contributed by atoms with Gasteiger partial charge in [0.05, 0.1) is 10.6 Å². The van der Waals surface area contributed by atoms with Crippen molar-refractivity contribution in [2.24, 2.45) is 11.1 Å². The lowest BCUT2D eigenvalue weighted by atomic mass is 9.87. The third-order valence-corrected chi connectivity index (χ3v) is 6.60. The maximum absolute atomic E-state index is 12.5. The first-order chi connectivity index (χ1) is 10.6. The second-order valence-electron chi connectivity index (χ2n) is 8.13. The zero-order chi connectivity index (χ0) is 17.3. The van der Waals surface area contributed by atoms with Crippen LogP contribution in [-0.4, -0.2) is 45.2 Å². The van der Waals surface area contributed by atoms with Crippen LogP contribution in [0.5, 0.6) is 0 Å². The van der Waals surface area contributed by atoms with Crippen molar-refractivity contribution in [2.75, 3.05) is 31.9 Å². The number of benzene rings is 1. The topological polar surface area (TPSA) is 63.4 Å². The smallest absolute Gasteiger partial charge is 0.179 e. The van der Waals surface area contributed by atoms with Crippen molar-refractivity contribution < 1.29 is 8.42 Å².